The minimum absolute atomic E-state index is 0.165. The van der Waals surface area contributed by atoms with Crippen molar-refractivity contribution < 1.29 is 14.3 Å². The minimum Gasteiger partial charge on any atom is -0.445 e. The first-order valence-electron chi connectivity index (χ1n) is 8.71. The number of hydrogen-bond donors (Lipinski definition) is 4. The predicted octanol–water partition coefficient (Wildman–Crippen LogP) is 2.22. The molecule has 0 aliphatic heterocycles. The summed E-state index contributed by atoms with van der Waals surface area (Å²) in [5.41, 5.74) is 7.61. The van der Waals surface area contributed by atoms with Crippen LogP contribution >= 0.6 is 0 Å². The van der Waals surface area contributed by atoms with E-state index >= 15 is 0 Å². The second kappa shape index (κ2) is 14.1. The highest BCUT2D eigenvalue weighted by molar-refractivity contribution is 5.81. The molecule has 0 saturated heterocycles. The van der Waals surface area contributed by atoms with Crippen LogP contribution in [0.3, 0.4) is 0 Å². The Bertz CT molecular complexity index is 492. The molecule has 1 atom stereocenters. The van der Waals surface area contributed by atoms with Crippen LogP contribution < -0.4 is 21.7 Å². The van der Waals surface area contributed by atoms with Crippen LogP contribution in [0.4, 0.5) is 10.5 Å². The van der Waals surface area contributed by atoms with Crippen LogP contribution in [0.2, 0.25) is 0 Å². The van der Waals surface area contributed by atoms with E-state index in [-0.39, 0.29) is 12.5 Å². The van der Waals surface area contributed by atoms with Crippen molar-refractivity contribution in [3.63, 3.8) is 0 Å². The van der Waals surface area contributed by atoms with Crippen molar-refractivity contribution in [3.8, 4) is 0 Å². The number of amides is 2. The van der Waals surface area contributed by atoms with E-state index in [1.54, 1.807) is 7.05 Å². The Morgan fingerprint density at radius 2 is 1.76 bits per heavy atom. The number of hydrogen-bond acceptors (Lipinski definition) is 5. The molecule has 0 heterocycles. The second-order valence-electron chi connectivity index (χ2n) is 5.17. The lowest BCUT2D eigenvalue weighted by Crippen LogP contribution is -2.38. The van der Waals surface area contributed by atoms with E-state index in [9.17, 15) is 9.59 Å². The molecule has 1 aromatic rings. The number of nitrogens with one attached hydrogen (secondary N) is 3. The fraction of sp³-hybridized carbons (Fsp3) is 0.556. The highest BCUT2D eigenvalue weighted by Gasteiger charge is 2.10. The first kappa shape index (κ1) is 22.7. The van der Waals surface area contributed by atoms with Crippen LogP contribution in [0.1, 0.15) is 38.7 Å². The number of carbonyl (C=O) groups is 2. The lowest BCUT2D eigenvalue weighted by atomic mass is 10.1. The van der Waals surface area contributed by atoms with Crippen molar-refractivity contribution in [1.82, 2.24) is 10.6 Å². The van der Waals surface area contributed by atoms with Crippen LogP contribution in [-0.2, 0) is 16.1 Å². The van der Waals surface area contributed by atoms with E-state index in [4.69, 9.17) is 10.5 Å². The number of ether oxygens (including phenoxy) is 1. The molecule has 142 valence electrons. The number of likely N-dealkylation sites (N-methyl/N-ethyl adjacent to an activating group) is 1. The summed E-state index contributed by atoms with van der Waals surface area (Å²) in [7, 11) is 3.41. The van der Waals surface area contributed by atoms with Gasteiger partial charge in [-0.05, 0) is 37.0 Å². The number of unbranched alkanes of at least 4 members (excludes halogenated alkanes) is 1. The van der Waals surface area contributed by atoms with Crippen molar-refractivity contribution in [2.24, 2.45) is 5.73 Å². The van der Waals surface area contributed by atoms with Gasteiger partial charge in [0.15, 0.2) is 0 Å². The quantitative estimate of drug-likeness (QED) is 0.510. The van der Waals surface area contributed by atoms with Gasteiger partial charge in [-0.25, -0.2) is 4.79 Å². The molecular formula is C18H32N4O3. The van der Waals surface area contributed by atoms with Gasteiger partial charge in [0.25, 0.3) is 0 Å². The van der Waals surface area contributed by atoms with Gasteiger partial charge in [0, 0.05) is 26.3 Å². The Morgan fingerprint density at radius 3 is 2.32 bits per heavy atom. The molecule has 0 bridgehead atoms. The van der Waals surface area contributed by atoms with Gasteiger partial charge in [0.05, 0.1) is 6.04 Å². The average Bonchev–Trinajstić information content (AvgIpc) is 2.67. The predicted molar refractivity (Wildman–Crippen MR) is 101 cm³/mol. The van der Waals surface area contributed by atoms with Gasteiger partial charge in [-0.15, -0.1) is 0 Å². The average molecular weight is 352 g/mol. The zero-order valence-corrected chi connectivity index (χ0v) is 15.7. The molecule has 1 unspecified atom stereocenters. The summed E-state index contributed by atoms with van der Waals surface area (Å²) in [4.78, 5) is 22.8. The van der Waals surface area contributed by atoms with Gasteiger partial charge in [-0.2, -0.15) is 0 Å². The van der Waals surface area contributed by atoms with Crippen molar-refractivity contribution >= 4 is 17.7 Å². The molecule has 1 aromatic carbocycles. The molecule has 7 heteroatoms. The van der Waals surface area contributed by atoms with Gasteiger partial charge in [-0.1, -0.05) is 26.0 Å². The smallest absolute Gasteiger partial charge is 0.407 e. The standard InChI is InChI=1S/C16H26N4O3.C2H6/c1-18-13-8-6-12(7-9-13)11-23-16(22)20-10-4-3-5-14(17)15(21)19-2;1-2/h6-9,14,18H,3-5,10-11,17H2,1-2H3,(H,19,21)(H,20,22);1-2H3. The van der Waals surface area contributed by atoms with Gasteiger partial charge in [-0.3, -0.25) is 4.79 Å². The highest BCUT2D eigenvalue weighted by atomic mass is 16.5. The zero-order valence-electron chi connectivity index (χ0n) is 15.7. The Labute approximate surface area is 150 Å². The summed E-state index contributed by atoms with van der Waals surface area (Å²) >= 11 is 0. The van der Waals surface area contributed by atoms with Crippen molar-refractivity contribution in [2.75, 3.05) is 26.0 Å². The van der Waals surface area contributed by atoms with Crippen LogP contribution in [0.15, 0.2) is 24.3 Å². The molecule has 0 saturated carbocycles. The maximum absolute atomic E-state index is 11.6. The molecular weight excluding hydrogens is 320 g/mol. The largest absolute Gasteiger partial charge is 0.445 e. The molecule has 7 nitrogen and oxygen atoms in total. The number of rotatable bonds is 9. The zero-order chi connectivity index (χ0) is 19.1. The maximum atomic E-state index is 11.6. The van der Waals surface area contributed by atoms with E-state index in [2.05, 4.69) is 16.0 Å². The highest BCUT2D eigenvalue weighted by Crippen LogP contribution is 2.09. The second-order valence-corrected chi connectivity index (χ2v) is 5.17. The summed E-state index contributed by atoms with van der Waals surface area (Å²) < 4.78 is 5.13. The van der Waals surface area contributed by atoms with Crippen molar-refractivity contribution in [2.45, 2.75) is 45.8 Å². The minimum atomic E-state index is -0.493. The number of nitrogens with two attached hydrogens (primary N) is 1. The molecule has 0 aliphatic rings. The molecule has 0 aromatic heterocycles. The Hall–Kier alpha value is -2.28. The van der Waals surface area contributed by atoms with Gasteiger partial charge >= 0.3 is 6.09 Å². The summed E-state index contributed by atoms with van der Waals surface area (Å²) in [5.74, 6) is -0.165. The van der Waals surface area contributed by atoms with E-state index in [1.165, 1.54) is 0 Å². The van der Waals surface area contributed by atoms with Crippen LogP contribution in [0.25, 0.3) is 0 Å². The van der Waals surface area contributed by atoms with Gasteiger partial charge in [0.2, 0.25) is 5.91 Å². The third-order valence-electron chi connectivity index (χ3n) is 3.41. The molecule has 1 rings (SSSR count). The molecule has 0 spiro atoms. The summed E-state index contributed by atoms with van der Waals surface area (Å²) in [6.45, 7) is 4.73. The molecule has 2 amide bonds. The molecule has 0 aliphatic carbocycles. The molecule has 25 heavy (non-hydrogen) atoms. The summed E-state index contributed by atoms with van der Waals surface area (Å²) in [5, 5.41) is 8.21. The van der Waals surface area contributed by atoms with Crippen molar-refractivity contribution in [3.05, 3.63) is 29.8 Å². The SMILES string of the molecule is CC.CNC(=O)C(N)CCCCNC(=O)OCc1ccc(NC)cc1. The van der Waals surface area contributed by atoms with Crippen LogP contribution in [0, 0.1) is 0 Å². The Kier molecular flexibility index (Phi) is 12.8. The Balaban J connectivity index is 0.00000277. The molecule has 5 N–H and O–H groups in total. The van der Waals surface area contributed by atoms with Gasteiger partial charge < -0.3 is 26.4 Å². The normalized spacial score (nSPS) is 10.8. The number of carbonyl (C=O) groups excluding carboxylic acids is 2. The lowest BCUT2D eigenvalue weighted by molar-refractivity contribution is -0.122. The lowest BCUT2D eigenvalue weighted by Gasteiger charge is -2.10. The fourth-order valence-corrected chi connectivity index (χ4v) is 1.96. The fourth-order valence-electron chi connectivity index (χ4n) is 1.96. The number of anilines is 1. The Morgan fingerprint density at radius 1 is 1.12 bits per heavy atom. The third-order valence-corrected chi connectivity index (χ3v) is 3.41. The van der Waals surface area contributed by atoms with E-state index in [0.29, 0.717) is 13.0 Å². The van der Waals surface area contributed by atoms with E-state index in [1.807, 2.05) is 45.2 Å². The first-order valence-corrected chi connectivity index (χ1v) is 8.71. The van der Waals surface area contributed by atoms with Crippen LogP contribution in [0.5, 0.6) is 0 Å². The number of alkyl carbamates (subject to hydrolysis) is 1. The topological polar surface area (TPSA) is 105 Å². The van der Waals surface area contributed by atoms with E-state index < -0.39 is 12.1 Å². The van der Waals surface area contributed by atoms with Crippen molar-refractivity contribution in [1.29, 1.82) is 0 Å². The maximum Gasteiger partial charge on any atom is 0.407 e. The van der Waals surface area contributed by atoms with Gasteiger partial charge in [0.1, 0.15) is 6.61 Å². The summed E-state index contributed by atoms with van der Waals surface area (Å²) in [6.07, 6.45) is 1.66. The monoisotopic (exact) mass is 352 g/mol. The van der Waals surface area contributed by atoms with E-state index in [0.717, 1.165) is 24.1 Å². The molecule has 0 fully saturated rings. The van der Waals surface area contributed by atoms with Crippen LogP contribution in [-0.4, -0.2) is 38.7 Å². The third kappa shape index (κ3) is 10.2. The first-order chi connectivity index (χ1) is 12.1. The number of benzene rings is 1. The molecule has 0 radical (unpaired) electrons. The summed E-state index contributed by atoms with van der Waals surface area (Å²) in [6, 6.07) is 7.16.